The first-order valence-corrected chi connectivity index (χ1v) is 7.38. The predicted octanol–water partition coefficient (Wildman–Crippen LogP) is 2.77. The van der Waals surface area contributed by atoms with Crippen LogP contribution in [0.2, 0.25) is 0 Å². The predicted molar refractivity (Wildman–Crippen MR) is 77.2 cm³/mol. The van der Waals surface area contributed by atoms with Gasteiger partial charge in [0.2, 0.25) is 5.91 Å². The minimum atomic E-state index is -4.60. The standard InChI is InChI=1S/C13H17F3N2O2S/c1-12(2,3)21(20)7-11(19)18-8-4-5-10(17)9(6-8)13(14,15)16/h4-6H,7,17H2,1-3H3,(H,18,19). The maximum absolute atomic E-state index is 12.7. The van der Waals surface area contributed by atoms with Gasteiger partial charge in [-0.1, -0.05) is 0 Å². The van der Waals surface area contributed by atoms with Crippen molar-refractivity contribution in [3.8, 4) is 0 Å². The van der Waals surface area contributed by atoms with Gasteiger partial charge in [-0.3, -0.25) is 9.00 Å². The first-order chi connectivity index (χ1) is 9.41. The number of nitrogen functional groups attached to an aromatic ring is 1. The topological polar surface area (TPSA) is 72.2 Å². The number of hydrogen-bond acceptors (Lipinski definition) is 3. The van der Waals surface area contributed by atoms with Gasteiger partial charge in [0.15, 0.2) is 0 Å². The van der Waals surface area contributed by atoms with Crippen LogP contribution in [0.4, 0.5) is 24.5 Å². The van der Waals surface area contributed by atoms with Gasteiger partial charge in [0.25, 0.3) is 0 Å². The number of nitrogens with two attached hydrogens (primary N) is 1. The van der Waals surface area contributed by atoms with Crippen LogP contribution in [0.5, 0.6) is 0 Å². The molecule has 0 fully saturated rings. The van der Waals surface area contributed by atoms with Crippen LogP contribution in [-0.4, -0.2) is 20.6 Å². The lowest BCUT2D eigenvalue weighted by molar-refractivity contribution is -0.136. The number of rotatable bonds is 3. The molecule has 1 amide bonds. The average molecular weight is 322 g/mol. The van der Waals surface area contributed by atoms with E-state index in [9.17, 15) is 22.2 Å². The Morgan fingerprint density at radius 1 is 1.29 bits per heavy atom. The van der Waals surface area contributed by atoms with E-state index in [-0.39, 0.29) is 11.4 Å². The van der Waals surface area contributed by atoms with E-state index in [1.54, 1.807) is 20.8 Å². The van der Waals surface area contributed by atoms with E-state index in [1.807, 2.05) is 0 Å². The van der Waals surface area contributed by atoms with Gasteiger partial charge in [0, 0.05) is 26.9 Å². The van der Waals surface area contributed by atoms with Crippen molar-refractivity contribution in [1.82, 2.24) is 0 Å². The zero-order chi connectivity index (χ0) is 16.4. The van der Waals surface area contributed by atoms with Gasteiger partial charge >= 0.3 is 6.18 Å². The Labute approximate surface area is 123 Å². The molecule has 0 aliphatic heterocycles. The molecule has 1 rings (SSSR count). The summed E-state index contributed by atoms with van der Waals surface area (Å²) in [6, 6.07) is 3.09. The highest BCUT2D eigenvalue weighted by atomic mass is 32.2. The fraction of sp³-hybridized carbons (Fsp3) is 0.462. The van der Waals surface area contributed by atoms with Crippen LogP contribution >= 0.6 is 0 Å². The van der Waals surface area contributed by atoms with Crippen LogP contribution in [0.3, 0.4) is 0 Å². The van der Waals surface area contributed by atoms with E-state index in [1.165, 1.54) is 6.07 Å². The van der Waals surface area contributed by atoms with Gasteiger partial charge in [0.05, 0.1) is 5.56 Å². The number of anilines is 2. The van der Waals surface area contributed by atoms with Gasteiger partial charge in [0.1, 0.15) is 5.75 Å². The number of carbonyl (C=O) groups excluding carboxylic acids is 1. The molecule has 4 nitrogen and oxygen atoms in total. The molecule has 21 heavy (non-hydrogen) atoms. The van der Waals surface area contributed by atoms with Gasteiger partial charge in [-0.15, -0.1) is 0 Å². The molecule has 0 aliphatic carbocycles. The van der Waals surface area contributed by atoms with Crippen molar-refractivity contribution in [2.75, 3.05) is 16.8 Å². The maximum atomic E-state index is 12.7. The summed E-state index contributed by atoms with van der Waals surface area (Å²) in [4.78, 5) is 11.7. The van der Waals surface area contributed by atoms with Crippen molar-refractivity contribution in [2.45, 2.75) is 31.7 Å². The van der Waals surface area contributed by atoms with Gasteiger partial charge in [-0.2, -0.15) is 13.2 Å². The monoisotopic (exact) mass is 322 g/mol. The minimum absolute atomic E-state index is 0.0348. The third kappa shape index (κ3) is 5.04. The molecular formula is C13H17F3N2O2S. The summed E-state index contributed by atoms with van der Waals surface area (Å²) in [5.74, 6) is -0.893. The summed E-state index contributed by atoms with van der Waals surface area (Å²) < 4.78 is 49.3. The molecule has 0 bridgehead atoms. The molecule has 1 atom stereocenters. The largest absolute Gasteiger partial charge is 0.418 e. The van der Waals surface area contributed by atoms with E-state index in [0.717, 1.165) is 12.1 Å². The molecule has 0 heterocycles. The number of nitrogens with one attached hydrogen (secondary N) is 1. The molecule has 0 spiro atoms. The number of amides is 1. The zero-order valence-corrected chi connectivity index (χ0v) is 12.7. The first-order valence-electron chi connectivity index (χ1n) is 6.06. The molecule has 118 valence electrons. The van der Waals surface area contributed by atoms with Gasteiger partial charge in [-0.05, 0) is 39.0 Å². The highest BCUT2D eigenvalue weighted by molar-refractivity contribution is 7.87. The Hall–Kier alpha value is -1.57. The second-order valence-corrected chi connectivity index (χ2v) is 7.65. The van der Waals surface area contributed by atoms with Crippen molar-refractivity contribution >= 4 is 28.1 Å². The van der Waals surface area contributed by atoms with Crippen LogP contribution in [0.15, 0.2) is 18.2 Å². The summed E-state index contributed by atoms with van der Waals surface area (Å²) in [6.07, 6.45) is -4.60. The van der Waals surface area contributed by atoms with Gasteiger partial charge in [-0.25, -0.2) is 0 Å². The fourth-order valence-corrected chi connectivity index (χ4v) is 2.16. The summed E-state index contributed by atoms with van der Waals surface area (Å²) in [7, 11) is -1.43. The first kappa shape index (κ1) is 17.5. The SMILES string of the molecule is CC(C)(C)S(=O)CC(=O)Nc1ccc(N)c(C(F)(F)F)c1. The Kier molecular flexibility index (Phi) is 5.03. The molecule has 1 aromatic rings. The van der Waals surface area contributed by atoms with Gasteiger partial charge < -0.3 is 11.1 Å². The molecule has 1 unspecified atom stereocenters. The van der Waals surface area contributed by atoms with Crippen molar-refractivity contribution < 1.29 is 22.2 Å². The average Bonchev–Trinajstić information content (AvgIpc) is 2.28. The van der Waals surface area contributed by atoms with E-state index < -0.39 is 38.9 Å². The van der Waals surface area contributed by atoms with Crippen LogP contribution in [0.1, 0.15) is 26.3 Å². The Morgan fingerprint density at radius 3 is 2.33 bits per heavy atom. The lowest BCUT2D eigenvalue weighted by atomic mass is 10.1. The quantitative estimate of drug-likeness (QED) is 0.841. The van der Waals surface area contributed by atoms with Crippen molar-refractivity contribution in [3.63, 3.8) is 0 Å². The van der Waals surface area contributed by atoms with E-state index in [0.29, 0.717) is 0 Å². The Balaban J connectivity index is 2.85. The molecule has 3 N–H and O–H groups in total. The second-order valence-electron chi connectivity index (χ2n) is 5.45. The lowest BCUT2D eigenvalue weighted by Gasteiger charge is -2.17. The Morgan fingerprint density at radius 2 is 1.86 bits per heavy atom. The Bertz CT molecular complexity index is 566. The number of benzene rings is 1. The fourth-order valence-electron chi connectivity index (χ4n) is 1.41. The zero-order valence-electron chi connectivity index (χ0n) is 11.9. The van der Waals surface area contributed by atoms with Crippen molar-refractivity contribution in [3.05, 3.63) is 23.8 Å². The van der Waals surface area contributed by atoms with Crippen LogP contribution in [0.25, 0.3) is 0 Å². The van der Waals surface area contributed by atoms with E-state index in [2.05, 4.69) is 5.32 Å². The molecule has 0 aliphatic rings. The van der Waals surface area contributed by atoms with Crippen LogP contribution in [-0.2, 0) is 21.8 Å². The minimum Gasteiger partial charge on any atom is -0.398 e. The van der Waals surface area contributed by atoms with Crippen LogP contribution in [0, 0.1) is 0 Å². The molecule has 0 saturated heterocycles. The normalized spacial score (nSPS) is 13.8. The molecule has 0 aromatic heterocycles. The molecule has 8 heteroatoms. The second kappa shape index (κ2) is 6.05. The molecule has 0 radical (unpaired) electrons. The maximum Gasteiger partial charge on any atom is 0.418 e. The summed E-state index contributed by atoms with van der Waals surface area (Å²) in [6.45, 7) is 5.13. The van der Waals surface area contributed by atoms with E-state index in [4.69, 9.17) is 5.73 Å². The third-order valence-electron chi connectivity index (χ3n) is 2.59. The van der Waals surface area contributed by atoms with E-state index >= 15 is 0 Å². The highest BCUT2D eigenvalue weighted by Gasteiger charge is 2.33. The number of alkyl halides is 3. The van der Waals surface area contributed by atoms with Crippen molar-refractivity contribution in [2.24, 2.45) is 0 Å². The number of hydrogen-bond donors (Lipinski definition) is 2. The molecule has 0 saturated carbocycles. The summed E-state index contributed by atoms with van der Waals surface area (Å²) in [5, 5.41) is 2.30. The molecule has 1 aromatic carbocycles. The number of carbonyl (C=O) groups is 1. The van der Waals surface area contributed by atoms with Crippen molar-refractivity contribution in [1.29, 1.82) is 0 Å². The lowest BCUT2D eigenvalue weighted by Crippen LogP contribution is -2.30. The summed E-state index contributed by atoms with van der Waals surface area (Å²) >= 11 is 0. The number of halogens is 3. The highest BCUT2D eigenvalue weighted by Crippen LogP contribution is 2.35. The third-order valence-corrected chi connectivity index (χ3v) is 4.48. The molecular weight excluding hydrogens is 305 g/mol. The smallest absolute Gasteiger partial charge is 0.398 e. The summed E-state index contributed by atoms with van der Waals surface area (Å²) in [5.41, 5.74) is 3.79. The van der Waals surface area contributed by atoms with Crippen LogP contribution < -0.4 is 11.1 Å².